The van der Waals surface area contributed by atoms with Gasteiger partial charge in [0.25, 0.3) is 5.56 Å². The highest BCUT2D eigenvalue weighted by Crippen LogP contribution is 2.17. The third kappa shape index (κ3) is 4.12. The quantitative estimate of drug-likeness (QED) is 0.889. The second-order valence-corrected chi connectivity index (χ2v) is 7.52. The molecule has 0 spiro atoms. The monoisotopic (exact) mass is 356 g/mol. The summed E-state index contributed by atoms with van der Waals surface area (Å²) in [6.07, 6.45) is 3.90. The summed E-state index contributed by atoms with van der Waals surface area (Å²) in [4.78, 5) is 31.6. The Balaban J connectivity index is 1.59. The van der Waals surface area contributed by atoms with E-state index in [0.29, 0.717) is 23.5 Å². The first-order valence-electron chi connectivity index (χ1n) is 9.41. The summed E-state index contributed by atoms with van der Waals surface area (Å²) in [5.74, 6) is 0.641. The van der Waals surface area contributed by atoms with Gasteiger partial charge in [0.2, 0.25) is 5.91 Å². The summed E-state index contributed by atoms with van der Waals surface area (Å²) in [6.45, 7) is 9.14. The molecule has 0 radical (unpaired) electrons. The van der Waals surface area contributed by atoms with Crippen molar-refractivity contribution in [2.24, 2.45) is 5.92 Å². The second-order valence-electron chi connectivity index (χ2n) is 7.52. The number of carbonyl (C=O) groups is 1. The van der Waals surface area contributed by atoms with Crippen molar-refractivity contribution in [3.63, 3.8) is 0 Å². The van der Waals surface area contributed by atoms with Gasteiger partial charge in [-0.05, 0) is 57.3 Å². The molecule has 0 saturated carbocycles. The minimum Gasteiger partial charge on any atom is -0.353 e. The molecule has 6 nitrogen and oxygen atoms in total. The van der Waals surface area contributed by atoms with Crippen LogP contribution in [0.3, 0.4) is 0 Å². The maximum absolute atomic E-state index is 12.6. The van der Waals surface area contributed by atoms with Crippen LogP contribution in [0, 0.1) is 12.8 Å². The van der Waals surface area contributed by atoms with Crippen LogP contribution in [0.15, 0.2) is 29.3 Å². The van der Waals surface area contributed by atoms with Gasteiger partial charge in [0.1, 0.15) is 6.54 Å². The largest absolute Gasteiger partial charge is 0.353 e. The number of benzene rings is 1. The van der Waals surface area contributed by atoms with Crippen molar-refractivity contribution >= 4 is 16.8 Å². The molecule has 1 fully saturated rings. The van der Waals surface area contributed by atoms with Gasteiger partial charge in [-0.2, -0.15) is 0 Å². The van der Waals surface area contributed by atoms with E-state index in [-0.39, 0.29) is 18.0 Å². The lowest BCUT2D eigenvalue weighted by molar-refractivity contribution is -0.122. The Morgan fingerprint density at radius 3 is 2.81 bits per heavy atom. The normalized spacial score (nSPS) is 17.3. The number of aryl methyl sites for hydroxylation is 1. The molecule has 2 heterocycles. The molecule has 2 aromatic rings. The fraction of sp³-hybridized carbons (Fsp3) is 0.550. The number of fused-ring (bicyclic) bond motifs is 1. The van der Waals surface area contributed by atoms with Gasteiger partial charge in [-0.1, -0.05) is 19.1 Å². The maximum atomic E-state index is 12.6. The minimum atomic E-state index is -0.174. The second kappa shape index (κ2) is 7.99. The summed E-state index contributed by atoms with van der Waals surface area (Å²) < 4.78 is 1.38. The molecular weight excluding hydrogens is 328 g/mol. The van der Waals surface area contributed by atoms with Gasteiger partial charge in [-0.25, -0.2) is 4.98 Å². The zero-order chi connectivity index (χ0) is 18.7. The van der Waals surface area contributed by atoms with Crippen LogP contribution in [0.2, 0.25) is 0 Å². The summed E-state index contributed by atoms with van der Waals surface area (Å²) in [7, 11) is 0. The van der Waals surface area contributed by atoms with Crippen LogP contribution >= 0.6 is 0 Å². The first-order chi connectivity index (χ1) is 12.5. The number of nitrogens with one attached hydrogen (secondary N) is 1. The van der Waals surface area contributed by atoms with E-state index in [2.05, 4.69) is 29.0 Å². The van der Waals surface area contributed by atoms with Gasteiger partial charge >= 0.3 is 0 Å². The standard InChI is InChI=1S/C20H28N4O2/c1-14-7-9-23(10-8-14)16(3)11-21-18(25)12-24-13-22-19-15(2)5-4-6-17(19)20(24)26/h4-6,13-14,16H,7-12H2,1-3H3,(H,21,25)/t16-/m0/s1. The molecule has 1 amide bonds. The molecule has 1 saturated heterocycles. The van der Waals surface area contributed by atoms with Gasteiger partial charge in [0.15, 0.2) is 0 Å². The van der Waals surface area contributed by atoms with Crippen LogP contribution in [0.5, 0.6) is 0 Å². The number of hydrogen-bond acceptors (Lipinski definition) is 4. The lowest BCUT2D eigenvalue weighted by atomic mass is 9.98. The van der Waals surface area contributed by atoms with Gasteiger partial charge < -0.3 is 5.32 Å². The number of nitrogens with zero attached hydrogens (tertiary/aromatic N) is 3. The predicted molar refractivity (Wildman–Crippen MR) is 103 cm³/mol. The van der Waals surface area contributed by atoms with Crippen LogP contribution < -0.4 is 10.9 Å². The first-order valence-corrected chi connectivity index (χ1v) is 9.41. The summed E-state index contributed by atoms with van der Waals surface area (Å²) >= 11 is 0. The molecule has 1 aromatic carbocycles. The van der Waals surface area contributed by atoms with E-state index in [0.717, 1.165) is 24.6 Å². The lowest BCUT2D eigenvalue weighted by Crippen LogP contribution is -2.46. The van der Waals surface area contributed by atoms with Crippen molar-refractivity contribution in [2.75, 3.05) is 19.6 Å². The number of likely N-dealkylation sites (tertiary alicyclic amines) is 1. The number of hydrogen-bond donors (Lipinski definition) is 1. The highest BCUT2D eigenvalue weighted by atomic mass is 16.2. The number of carbonyl (C=O) groups excluding carboxylic acids is 1. The fourth-order valence-electron chi connectivity index (χ4n) is 3.52. The Bertz CT molecular complexity index is 837. The number of piperidine rings is 1. The van der Waals surface area contributed by atoms with Crippen molar-refractivity contribution in [2.45, 2.75) is 46.2 Å². The van der Waals surface area contributed by atoms with E-state index >= 15 is 0 Å². The van der Waals surface area contributed by atoms with Crippen LogP contribution in [0.4, 0.5) is 0 Å². The molecule has 1 N–H and O–H groups in total. The molecule has 0 unspecified atom stereocenters. The zero-order valence-electron chi connectivity index (χ0n) is 15.9. The number of rotatable bonds is 5. The number of para-hydroxylation sites is 1. The summed E-state index contributed by atoms with van der Waals surface area (Å²) in [5.41, 5.74) is 1.48. The van der Waals surface area contributed by atoms with Crippen LogP contribution in [-0.2, 0) is 11.3 Å². The van der Waals surface area contributed by atoms with Gasteiger partial charge in [-0.15, -0.1) is 0 Å². The van der Waals surface area contributed by atoms with Gasteiger partial charge in [0.05, 0.1) is 17.2 Å². The molecule has 1 aliphatic heterocycles. The maximum Gasteiger partial charge on any atom is 0.261 e. The summed E-state index contributed by atoms with van der Waals surface area (Å²) in [5, 5.41) is 3.51. The SMILES string of the molecule is Cc1cccc2c(=O)n(CC(=O)NC[C@H](C)N3CCC(C)CC3)cnc12. The van der Waals surface area contributed by atoms with E-state index in [1.165, 1.54) is 23.7 Å². The van der Waals surface area contributed by atoms with Crippen molar-refractivity contribution in [1.82, 2.24) is 19.8 Å². The van der Waals surface area contributed by atoms with E-state index in [1.54, 1.807) is 6.07 Å². The third-order valence-corrected chi connectivity index (χ3v) is 5.41. The first kappa shape index (κ1) is 18.6. The van der Waals surface area contributed by atoms with Crippen LogP contribution in [-0.4, -0.2) is 46.0 Å². The molecule has 1 aliphatic rings. The predicted octanol–water partition coefficient (Wildman–Crippen LogP) is 1.94. The molecule has 3 rings (SSSR count). The minimum absolute atomic E-state index is 0.000526. The van der Waals surface area contributed by atoms with E-state index in [1.807, 2.05) is 19.1 Å². The molecule has 0 aliphatic carbocycles. The Hall–Kier alpha value is -2.21. The van der Waals surface area contributed by atoms with Crippen LogP contribution in [0.25, 0.3) is 10.9 Å². The zero-order valence-corrected chi connectivity index (χ0v) is 15.9. The van der Waals surface area contributed by atoms with Crippen molar-refractivity contribution < 1.29 is 4.79 Å². The molecular formula is C20H28N4O2. The average molecular weight is 356 g/mol. The Morgan fingerprint density at radius 1 is 1.35 bits per heavy atom. The van der Waals surface area contributed by atoms with E-state index in [4.69, 9.17) is 0 Å². The van der Waals surface area contributed by atoms with Crippen LogP contribution in [0.1, 0.15) is 32.3 Å². The van der Waals surface area contributed by atoms with E-state index < -0.39 is 0 Å². The number of aromatic nitrogens is 2. The molecule has 1 atom stereocenters. The average Bonchev–Trinajstić information content (AvgIpc) is 2.63. The molecule has 6 heteroatoms. The Labute approximate surface area is 154 Å². The Kier molecular flexibility index (Phi) is 5.71. The topological polar surface area (TPSA) is 67.2 Å². The van der Waals surface area contributed by atoms with Gasteiger partial charge in [0, 0.05) is 12.6 Å². The molecule has 26 heavy (non-hydrogen) atoms. The summed E-state index contributed by atoms with van der Waals surface area (Å²) in [6, 6.07) is 5.83. The molecule has 1 aromatic heterocycles. The highest BCUT2D eigenvalue weighted by molar-refractivity contribution is 5.81. The lowest BCUT2D eigenvalue weighted by Gasteiger charge is -2.35. The van der Waals surface area contributed by atoms with Gasteiger partial charge in [-0.3, -0.25) is 19.1 Å². The fourth-order valence-corrected chi connectivity index (χ4v) is 3.52. The van der Waals surface area contributed by atoms with Crippen molar-refractivity contribution in [3.8, 4) is 0 Å². The molecule has 140 valence electrons. The molecule has 0 bridgehead atoms. The Morgan fingerprint density at radius 2 is 2.08 bits per heavy atom. The van der Waals surface area contributed by atoms with Crippen molar-refractivity contribution in [1.29, 1.82) is 0 Å². The number of amides is 1. The highest BCUT2D eigenvalue weighted by Gasteiger charge is 2.20. The van der Waals surface area contributed by atoms with Crippen molar-refractivity contribution in [3.05, 3.63) is 40.4 Å². The van der Waals surface area contributed by atoms with E-state index in [9.17, 15) is 9.59 Å². The third-order valence-electron chi connectivity index (χ3n) is 5.41. The smallest absolute Gasteiger partial charge is 0.261 e.